The third kappa shape index (κ3) is 4.84. The minimum atomic E-state index is -4.62. The summed E-state index contributed by atoms with van der Waals surface area (Å²) in [4.78, 5) is 0. The first-order valence-corrected chi connectivity index (χ1v) is 10.5. The normalized spacial score (nSPS) is 15.0. The van der Waals surface area contributed by atoms with Crippen LogP contribution < -0.4 is 4.74 Å². The van der Waals surface area contributed by atoms with Crippen LogP contribution in [-0.4, -0.2) is 0 Å². The van der Waals surface area contributed by atoms with Gasteiger partial charge in [-0.25, -0.2) is 22.0 Å². The second kappa shape index (κ2) is 9.08. The highest BCUT2D eigenvalue weighted by Crippen LogP contribution is 2.38. The highest BCUT2D eigenvalue weighted by atomic mass is 19.3. The fourth-order valence-corrected chi connectivity index (χ4v) is 4.19. The van der Waals surface area contributed by atoms with E-state index in [0.717, 1.165) is 43.4 Å². The smallest absolute Gasteiger partial charge is 0.429 e. The molecule has 3 aromatic rings. The topological polar surface area (TPSA) is 9.23 Å². The first-order chi connectivity index (χ1) is 15.7. The molecule has 3 aromatic carbocycles. The zero-order valence-electron chi connectivity index (χ0n) is 17.3. The summed E-state index contributed by atoms with van der Waals surface area (Å²) in [5.74, 6) is -9.36. The van der Waals surface area contributed by atoms with Crippen molar-refractivity contribution >= 4 is 0 Å². The molecule has 0 N–H and O–H groups in total. The summed E-state index contributed by atoms with van der Waals surface area (Å²) >= 11 is 0. The standard InChI is InChI=1S/C25H19F7O/c26-19-10-17(16-8-6-15(7-9-16)14-4-2-1-3-5-14)11-20(27)23(19)25(31,32)33-18-12-21(28)24(30)22(29)13-18/h6-14H,1-5H2. The van der Waals surface area contributed by atoms with Crippen molar-refractivity contribution in [3.05, 3.63) is 88.7 Å². The predicted octanol–water partition coefficient (Wildman–Crippen LogP) is 8.23. The molecule has 0 radical (unpaired) electrons. The van der Waals surface area contributed by atoms with Gasteiger partial charge >= 0.3 is 6.11 Å². The number of hydrogen-bond donors (Lipinski definition) is 0. The lowest BCUT2D eigenvalue weighted by molar-refractivity contribution is -0.189. The van der Waals surface area contributed by atoms with Crippen LogP contribution in [0.15, 0.2) is 48.5 Å². The van der Waals surface area contributed by atoms with E-state index in [-0.39, 0.29) is 17.7 Å². The maximum absolute atomic E-state index is 14.6. The van der Waals surface area contributed by atoms with Crippen LogP contribution in [0.25, 0.3) is 11.1 Å². The van der Waals surface area contributed by atoms with Gasteiger partial charge in [0.05, 0.1) is 0 Å². The molecule has 1 saturated carbocycles. The number of alkyl halides is 2. The van der Waals surface area contributed by atoms with Gasteiger partial charge in [-0.1, -0.05) is 43.5 Å². The zero-order valence-corrected chi connectivity index (χ0v) is 17.3. The van der Waals surface area contributed by atoms with Crippen molar-refractivity contribution in [2.75, 3.05) is 0 Å². The lowest BCUT2D eigenvalue weighted by Gasteiger charge is -2.22. The minimum Gasteiger partial charge on any atom is -0.429 e. The summed E-state index contributed by atoms with van der Waals surface area (Å²) in [6.45, 7) is 0. The Balaban J connectivity index is 1.60. The van der Waals surface area contributed by atoms with E-state index in [4.69, 9.17) is 0 Å². The molecule has 33 heavy (non-hydrogen) atoms. The van der Waals surface area contributed by atoms with Crippen LogP contribution >= 0.6 is 0 Å². The highest BCUT2D eigenvalue weighted by Gasteiger charge is 2.41. The van der Waals surface area contributed by atoms with E-state index in [1.807, 2.05) is 12.1 Å². The second-order valence-corrected chi connectivity index (χ2v) is 8.09. The Bertz CT molecular complexity index is 1110. The molecule has 0 unspecified atom stereocenters. The third-order valence-corrected chi connectivity index (χ3v) is 5.86. The van der Waals surface area contributed by atoms with Crippen molar-refractivity contribution in [1.82, 2.24) is 0 Å². The van der Waals surface area contributed by atoms with Gasteiger partial charge in [0.25, 0.3) is 0 Å². The van der Waals surface area contributed by atoms with E-state index in [2.05, 4.69) is 4.74 Å². The van der Waals surface area contributed by atoms with Crippen molar-refractivity contribution in [3.63, 3.8) is 0 Å². The number of hydrogen-bond acceptors (Lipinski definition) is 1. The van der Waals surface area contributed by atoms with Crippen LogP contribution in [-0.2, 0) is 6.11 Å². The van der Waals surface area contributed by atoms with E-state index in [1.165, 1.54) is 6.42 Å². The fourth-order valence-electron chi connectivity index (χ4n) is 4.19. The molecule has 0 bridgehead atoms. The Labute approximate surface area is 185 Å². The number of ether oxygens (including phenoxy) is 1. The van der Waals surface area contributed by atoms with Gasteiger partial charge in [0.1, 0.15) is 22.9 Å². The Hall–Kier alpha value is -3.03. The average molecular weight is 468 g/mol. The summed E-state index contributed by atoms with van der Waals surface area (Å²) in [5.41, 5.74) is -0.130. The Morgan fingerprint density at radius 2 is 1.21 bits per heavy atom. The maximum atomic E-state index is 14.6. The van der Waals surface area contributed by atoms with Gasteiger partial charge in [-0.05, 0) is 47.6 Å². The van der Waals surface area contributed by atoms with Crippen molar-refractivity contribution in [3.8, 4) is 16.9 Å². The largest absolute Gasteiger partial charge is 0.432 e. The van der Waals surface area contributed by atoms with Gasteiger partial charge in [-0.3, -0.25) is 0 Å². The molecule has 0 amide bonds. The Kier molecular flexibility index (Phi) is 6.36. The Morgan fingerprint density at radius 1 is 0.667 bits per heavy atom. The first-order valence-electron chi connectivity index (χ1n) is 10.5. The summed E-state index contributed by atoms with van der Waals surface area (Å²) in [5, 5.41) is 0. The van der Waals surface area contributed by atoms with Crippen LogP contribution in [0.1, 0.15) is 49.1 Å². The van der Waals surface area contributed by atoms with Crippen molar-refractivity contribution in [1.29, 1.82) is 0 Å². The molecule has 8 heteroatoms. The van der Waals surface area contributed by atoms with Gasteiger partial charge in [-0.2, -0.15) is 8.78 Å². The molecule has 1 aliphatic rings. The molecule has 1 nitrogen and oxygen atoms in total. The lowest BCUT2D eigenvalue weighted by Crippen LogP contribution is -2.25. The molecule has 174 valence electrons. The third-order valence-electron chi connectivity index (χ3n) is 5.86. The lowest BCUT2D eigenvalue weighted by atomic mass is 9.83. The van der Waals surface area contributed by atoms with Crippen LogP contribution in [0.3, 0.4) is 0 Å². The molecular formula is C25H19F7O. The van der Waals surface area contributed by atoms with Crippen molar-refractivity contribution in [2.45, 2.75) is 44.1 Å². The van der Waals surface area contributed by atoms with Gasteiger partial charge in [0.15, 0.2) is 17.5 Å². The van der Waals surface area contributed by atoms with E-state index >= 15 is 0 Å². The number of rotatable bonds is 5. The average Bonchev–Trinajstić information content (AvgIpc) is 2.77. The minimum absolute atomic E-state index is 0.0404. The van der Waals surface area contributed by atoms with Crippen LogP contribution in [0.2, 0.25) is 0 Å². The summed E-state index contributed by atoms with van der Waals surface area (Å²) in [7, 11) is 0. The first kappa shape index (κ1) is 23.1. The molecule has 0 spiro atoms. The maximum Gasteiger partial charge on any atom is 0.432 e. The van der Waals surface area contributed by atoms with Gasteiger partial charge in [0.2, 0.25) is 0 Å². The zero-order chi connectivity index (χ0) is 23.8. The van der Waals surface area contributed by atoms with E-state index in [0.29, 0.717) is 11.5 Å². The van der Waals surface area contributed by atoms with Gasteiger partial charge in [0, 0.05) is 12.1 Å². The second-order valence-electron chi connectivity index (χ2n) is 8.09. The molecule has 0 saturated heterocycles. The van der Waals surface area contributed by atoms with Crippen molar-refractivity contribution in [2.24, 2.45) is 0 Å². The van der Waals surface area contributed by atoms with E-state index < -0.39 is 46.5 Å². The molecule has 4 rings (SSSR count). The highest BCUT2D eigenvalue weighted by molar-refractivity contribution is 5.64. The molecule has 1 aliphatic carbocycles. The molecular weight excluding hydrogens is 449 g/mol. The number of halogens is 7. The van der Waals surface area contributed by atoms with E-state index in [1.54, 1.807) is 12.1 Å². The summed E-state index contributed by atoms with van der Waals surface area (Å²) < 4.78 is 102. The monoisotopic (exact) mass is 468 g/mol. The fraction of sp³-hybridized carbons (Fsp3) is 0.280. The number of benzene rings is 3. The van der Waals surface area contributed by atoms with E-state index in [9.17, 15) is 30.7 Å². The molecule has 0 heterocycles. The SMILES string of the molecule is Fc1cc(OC(F)(F)c2c(F)cc(-c3ccc(C4CCCCC4)cc3)cc2F)cc(F)c1F. The summed E-state index contributed by atoms with van der Waals surface area (Å²) in [6, 6.07) is 8.87. The molecule has 0 aliphatic heterocycles. The summed E-state index contributed by atoms with van der Waals surface area (Å²) in [6.07, 6.45) is 1.05. The van der Waals surface area contributed by atoms with Crippen LogP contribution in [0, 0.1) is 29.1 Å². The predicted molar refractivity (Wildman–Crippen MR) is 108 cm³/mol. The van der Waals surface area contributed by atoms with Gasteiger partial charge in [-0.15, -0.1) is 0 Å². The van der Waals surface area contributed by atoms with Crippen LogP contribution in [0.5, 0.6) is 5.75 Å². The van der Waals surface area contributed by atoms with Crippen LogP contribution in [0.4, 0.5) is 30.7 Å². The molecule has 1 fully saturated rings. The molecule has 0 aromatic heterocycles. The van der Waals surface area contributed by atoms with Crippen molar-refractivity contribution < 1.29 is 35.5 Å². The Morgan fingerprint density at radius 3 is 1.76 bits per heavy atom. The quantitative estimate of drug-likeness (QED) is 0.271. The van der Waals surface area contributed by atoms with Gasteiger partial charge < -0.3 is 4.74 Å². The molecule has 0 atom stereocenters.